The van der Waals surface area contributed by atoms with Crippen molar-refractivity contribution >= 4 is 16.9 Å². The van der Waals surface area contributed by atoms with Crippen molar-refractivity contribution in [2.45, 2.75) is 25.5 Å². The molecule has 2 aromatic rings. The van der Waals surface area contributed by atoms with Gasteiger partial charge in [0.05, 0.1) is 23.1 Å². The Labute approximate surface area is 109 Å². The smallest absolute Gasteiger partial charge is 0.147 e. The van der Waals surface area contributed by atoms with Crippen LogP contribution in [0.4, 0.5) is 5.82 Å². The van der Waals surface area contributed by atoms with Gasteiger partial charge in [-0.15, -0.1) is 0 Å². The van der Waals surface area contributed by atoms with E-state index in [1.807, 2.05) is 10.6 Å². The van der Waals surface area contributed by atoms with Crippen LogP contribution >= 0.6 is 0 Å². The van der Waals surface area contributed by atoms with Crippen molar-refractivity contribution < 1.29 is 5.11 Å². The van der Waals surface area contributed by atoms with Crippen molar-refractivity contribution in [1.82, 2.24) is 14.5 Å². The third-order valence-electron chi connectivity index (χ3n) is 3.33. The Kier molecular flexibility index (Phi) is 2.50. The minimum atomic E-state index is -0.451. The SMILES string of the molecule is Cc1nc(N)c2c(C#N)cn(C3C=CC(O)C3)c2n1. The molecule has 6 nitrogen and oxygen atoms in total. The molecule has 1 aliphatic rings. The average molecular weight is 255 g/mol. The van der Waals surface area contributed by atoms with Crippen LogP contribution in [0.5, 0.6) is 0 Å². The van der Waals surface area contributed by atoms with E-state index in [-0.39, 0.29) is 6.04 Å². The second kappa shape index (κ2) is 4.07. The van der Waals surface area contributed by atoms with Crippen LogP contribution in [-0.2, 0) is 0 Å². The van der Waals surface area contributed by atoms with Crippen LogP contribution < -0.4 is 5.73 Å². The molecule has 0 radical (unpaired) electrons. The fraction of sp³-hybridized carbons (Fsp3) is 0.308. The lowest BCUT2D eigenvalue weighted by atomic mass is 10.2. The predicted molar refractivity (Wildman–Crippen MR) is 70.2 cm³/mol. The summed E-state index contributed by atoms with van der Waals surface area (Å²) in [5, 5.41) is 19.4. The third kappa shape index (κ3) is 1.75. The number of hydrogen-bond acceptors (Lipinski definition) is 5. The number of rotatable bonds is 1. The zero-order valence-electron chi connectivity index (χ0n) is 10.4. The molecule has 3 N–H and O–H groups in total. The zero-order valence-corrected chi connectivity index (χ0v) is 10.4. The summed E-state index contributed by atoms with van der Waals surface area (Å²) in [4.78, 5) is 8.48. The van der Waals surface area contributed by atoms with E-state index in [1.165, 1.54) is 0 Å². The van der Waals surface area contributed by atoms with Crippen LogP contribution in [0.15, 0.2) is 18.3 Å². The molecule has 2 heterocycles. The Morgan fingerprint density at radius 1 is 1.47 bits per heavy atom. The van der Waals surface area contributed by atoms with E-state index in [9.17, 15) is 10.4 Å². The molecule has 0 fully saturated rings. The lowest BCUT2D eigenvalue weighted by molar-refractivity contribution is 0.211. The highest BCUT2D eigenvalue weighted by Gasteiger charge is 2.23. The molecule has 96 valence electrons. The first kappa shape index (κ1) is 11.7. The van der Waals surface area contributed by atoms with Gasteiger partial charge in [-0.3, -0.25) is 0 Å². The van der Waals surface area contributed by atoms with Gasteiger partial charge in [0.1, 0.15) is 23.4 Å². The summed E-state index contributed by atoms with van der Waals surface area (Å²) in [6.45, 7) is 1.76. The van der Waals surface area contributed by atoms with Crippen LogP contribution in [0.1, 0.15) is 23.9 Å². The molecule has 3 rings (SSSR count). The van der Waals surface area contributed by atoms with Gasteiger partial charge in [-0.25, -0.2) is 9.97 Å². The number of fused-ring (bicyclic) bond motifs is 1. The molecule has 0 saturated heterocycles. The molecular formula is C13H13N5O. The first-order valence-corrected chi connectivity index (χ1v) is 6.01. The van der Waals surface area contributed by atoms with E-state index in [0.29, 0.717) is 34.7 Å². The summed E-state index contributed by atoms with van der Waals surface area (Å²) in [5.41, 5.74) is 6.99. The Bertz CT molecular complexity index is 725. The van der Waals surface area contributed by atoms with Gasteiger partial charge in [-0.2, -0.15) is 5.26 Å². The highest BCUT2D eigenvalue weighted by atomic mass is 16.3. The number of aryl methyl sites for hydroxylation is 1. The molecule has 0 spiro atoms. The second-order valence-electron chi connectivity index (χ2n) is 4.67. The van der Waals surface area contributed by atoms with Crippen molar-refractivity contribution in [2.75, 3.05) is 5.73 Å². The molecule has 0 aliphatic heterocycles. The summed E-state index contributed by atoms with van der Waals surface area (Å²) in [6, 6.07) is 2.11. The lowest BCUT2D eigenvalue weighted by Gasteiger charge is -2.12. The number of nitrogens with two attached hydrogens (primary N) is 1. The maximum atomic E-state index is 9.58. The maximum Gasteiger partial charge on any atom is 0.147 e. The largest absolute Gasteiger partial charge is 0.389 e. The summed E-state index contributed by atoms with van der Waals surface area (Å²) in [7, 11) is 0. The third-order valence-corrected chi connectivity index (χ3v) is 3.33. The van der Waals surface area contributed by atoms with Crippen LogP contribution in [0.3, 0.4) is 0 Å². The fourth-order valence-corrected chi connectivity index (χ4v) is 2.49. The highest BCUT2D eigenvalue weighted by Crippen LogP contribution is 2.31. The van der Waals surface area contributed by atoms with Crippen molar-refractivity contribution in [3.63, 3.8) is 0 Å². The summed E-state index contributed by atoms with van der Waals surface area (Å²) in [5.74, 6) is 0.886. The van der Waals surface area contributed by atoms with Gasteiger partial charge in [0.25, 0.3) is 0 Å². The Hall–Kier alpha value is -2.39. The molecule has 19 heavy (non-hydrogen) atoms. The van der Waals surface area contributed by atoms with E-state index >= 15 is 0 Å². The molecule has 2 atom stereocenters. The summed E-state index contributed by atoms with van der Waals surface area (Å²) < 4.78 is 1.88. The molecule has 0 aromatic carbocycles. The van der Waals surface area contributed by atoms with E-state index in [1.54, 1.807) is 19.2 Å². The average Bonchev–Trinajstić information content (AvgIpc) is 2.92. The number of aliphatic hydroxyl groups is 1. The molecule has 0 amide bonds. The zero-order chi connectivity index (χ0) is 13.6. The first-order chi connectivity index (χ1) is 9.10. The number of anilines is 1. The lowest BCUT2D eigenvalue weighted by Crippen LogP contribution is -2.08. The van der Waals surface area contributed by atoms with E-state index in [4.69, 9.17) is 5.73 Å². The van der Waals surface area contributed by atoms with Gasteiger partial charge in [0, 0.05) is 12.6 Å². The Balaban J connectivity index is 2.26. The topological polar surface area (TPSA) is 101 Å². The number of nitrogens with zero attached hydrogens (tertiary/aromatic N) is 4. The molecule has 6 heteroatoms. The Morgan fingerprint density at radius 2 is 2.26 bits per heavy atom. The highest BCUT2D eigenvalue weighted by molar-refractivity contribution is 5.92. The van der Waals surface area contributed by atoms with Crippen LogP contribution in [-0.4, -0.2) is 25.7 Å². The summed E-state index contributed by atoms with van der Waals surface area (Å²) in [6.07, 6.45) is 5.52. The quantitative estimate of drug-likeness (QED) is 0.742. The van der Waals surface area contributed by atoms with Crippen molar-refractivity contribution in [1.29, 1.82) is 5.26 Å². The minimum absolute atomic E-state index is 0.00620. The van der Waals surface area contributed by atoms with E-state index < -0.39 is 6.10 Å². The number of aliphatic hydroxyl groups excluding tert-OH is 1. The van der Waals surface area contributed by atoms with Crippen molar-refractivity contribution in [2.24, 2.45) is 0 Å². The van der Waals surface area contributed by atoms with Gasteiger partial charge in [-0.1, -0.05) is 12.2 Å². The monoisotopic (exact) mass is 255 g/mol. The minimum Gasteiger partial charge on any atom is -0.389 e. The number of aromatic nitrogens is 3. The summed E-state index contributed by atoms with van der Waals surface area (Å²) >= 11 is 0. The van der Waals surface area contributed by atoms with Gasteiger partial charge < -0.3 is 15.4 Å². The van der Waals surface area contributed by atoms with Crippen LogP contribution in [0.2, 0.25) is 0 Å². The molecule has 2 unspecified atom stereocenters. The second-order valence-corrected chi connectivity index (χ2v) is 4.67. The van der Waals surface area contributed by atoms with Gasteiger partial charge in [0.15, 0.2) is 0 Å². The van der Waals surface area contributed by atoms with Crippen molar-refractivity contribution in [3.8, 4) is 6.07 Å². The molecule has 0 bridgehead atoms. The normalized spacial score (nSPS) is 21.9. The maximum absolute atomic E-state index is 9.58. The fourth-order valence-electron chi connectivity index (χ4n) is 2.49. The van der Waals surface area contributed by atoms with E-state index in [2.05, 4.69) is 16.0 Å². The standard InChI is InChI=1S/C13H13N5O/c1-7-16-12(15)11-8(5-14)6-18(13(11)17-7)9-2-3-10(19)4-9/h2-3,6,9-10,19H,4H2,1H3,(H2,15,16,17). The molecule has 0 saturated carbocycles. The number of hydrogen-bond donors (Lipinski definition) is 2. The van der Waals surface area contributed by atoms with Crippen LogP contribution in [0.25, 0.3) is 11.0 Å². The van der Waals surface area contributed by atoms with Crippen molar-refractivity contribution in [3.05, 3.63) is 29.7 Å². The van der Waals surface area contributed by atoms with Gasteiger partial charge >= 0.3 is 0 Å². The molecule has 1 aliphatic carbocycles. The number of nitriles is 1. The van der Waals surface area contributed by atoms with Gasteiger partial charge in [0.2, 0.25) is 0 Å². The molecular weight excluding hydrogens is 242 g/mol. The first-order valence-electron chi connectivity index (χ1n) is 6.01. The number of allylic oxidation sites excluding steroid dienone is 1. The predicted octanol–water partition coefficient (Wildman–Crippen LogP) is 1.06. The van der Waals surface area contributed by atoms with Gasteiger partial charge in [-0.05, 0) is 6.92 Å². The van der Waals surface area contributed by atoms with Crippen LogP contribution in [0, 0.1) is 18.3 Å². The Morgan fingerprint density at radius 3 is 2.89 bits per heavy atom. The number of nitrogen functional groups attached to an aromatic ring is 1. The molecule has 2 aromatic heterocycles. The van der Waals surface area contributed by atoms with E-state index in [0.717, 1.165) is 0 Å².